The molecule has 0 radical (unpaired) electrons. The molecule has 130 valence electrons. The molecule has 24 heavy (non-hydrogen) atoms. The van der Waals surface area contributed by atoms with Gasteiger partial charge in [-0.1, -0.05) is 0 Å². The van der Waals surface area contributed by atoms with Gasteiger partial charge in [0.25, 0.3) is 6.43 Å². The minimum atomic E-state index is -4.58. The average molecular weight is 347 g/mol. The van der Waals surface area contributed by atoms with Crippen LogP contribution in [-0.2, 0) is 11.0 Å². The number of alkyl halides is 5. The standard InChI is InChI=1S/C16H14F5NO2/c17-15(18)13-8-11(22-6-2-1-3-14(22)23)10-7-9(16(19,20)21)4-5-12(10)24-13/h4-5,7-8,13,15H,1-3,6H2. The maximum atomic E-state index is 13.1. The normalized spacial score (nSPS) is 21.4. The van der Waals surface area contributed by atoms with E-state index in [9.17, 15) is 26.7 Å². The fourth-order valence-corrected chi connectivity index (χ4v) is 2.86. The highest BCUT2D eigenvalue weighted by Gasteiger charge is 2.36. The van der Waals surface area contributed by atoms with Gasteiger partial charge in [0.1, 0.15) is 5.75 Å². The number of benzene rings is 1. The van der Waals surface area contributed by atoms with Crippen LogP contribution in [0.2, 0.25) is 0 Å². The van der Waals surface area contributed by atoms with Gasteiger partial charge in [-0.05, 0) is 37.1 Å². The molecule has 3 rings (SSSR count). The Balaban J connectivity index is 2.08. The van der Waals surface area contributed by atoms with Crippen LogP contribution in [-0.4, -0.2) is 29.9 Å². The zero-order chi connectivity index (χ0) is 17.5. The van der Waals surface area contributed by atoms with Crippen molar-refractivity contribution in [3.05, 3.63) is 35.4 Å². The van der Waals surface area contributed by atoms with Crippen LogP contribution in [0.4, 0.5) is 22.0 Å². The van der Waals surface area contributed by atoms with Crippen molar-refractivity contribution in [2.45, 2.75) is 38.0 Å². The Morgan fingerprint density at radius 3 is 2.58 bits per heavy atom. The van der Waals surface area contributed by atoms with E-state index in [0.717, 1.165) is 24.3 Å². The summed E-state index contributed by atoms with van der Waals surface area (Å²) in [4.78, 5) is 13.4. The molecule has 2 aliphatic heterocycles. The van der Waals surface area contributed by atoms with Gasteiger partial charge < -0.3 is 9.64 Å². The summed E-state index contributed by atoms with van der Waals surface area (Å²) in [5.74, 6) is -0.366. The first-order chi connectivity index (χ1) is 11.3. The van der Waals surface area contributed by atoms with Crippen LogP contribution in [0.3, 0.4) is 0 Å². The minimum Gasteiger partial charge on any atom is -0.480 e. The van der Waals surface area contributed by atoms with Crippen molar-refractivity contribution < 1.29 is 31.5 Å². The molecule has 1 aromatic carbocycles. The first-order valence-corrected chi connectivity index (χ1v) is 7.46. The van der Waals surface area contributed by atoms with Gasteiger partial charge in [0.05, 0.1) is 11.3 Å². The second-order valence-corrected chi connectivity index (χ2v) is 5.68. The first-order valence-electron chi connectivity index (χ1n) is 7.46. The number of carbonyl (C=O) groups excluding carboxylic acids is 1. The molecule has 1 fully saturated rings. The van der Waals surface area contributed by atoms with Gasteiger partial charge in [-0.2, -0.15) is 13.2 Å². The molecule has 0 spiro atoms. The maximum absolute atomic E-state index is 13.1. The zero-order valence-corrected chi connectivity index (χ0v) is 12.4. The number of ether oxygens (including phenoxy) is 1. The summed E-state index contributed by atoms with van der Waals surface area (Å²) in [6, 6.07) is 2.64. The van der Waals surface area contributed by atoms with Crippen molar-refractivity contribution >= 4 is 11.6 Å². The lowest BCUT2D eigenvalue weighted by Gasteiger charge is -2.34. The molecule has 0 bridgehead atoms. The van der Waals surface area contributed by atoms with E-state index in [2.05, 4.69) is 0 Å². The van der Waals surface area contributed by atoms with Gasteiger partial charge >= 0.3 is 6.18 Å². The van der Waals surface area contributed by atoms with Gasteiger partial charge in [0.15, 0.2) is 6.10 Å². The predicted molar refractivity (Wildman–Crippen MR) is 75.4 cm³/mol. The van der Waals surface area contributed by atoms with E-state index in [4.69, 9.17) is 4.74 Å². The smallest absolute Gasteiger partial charge is 0.416 e. The number of nitrogens with zero attached hydrogens (tertiary/aromatic N) is 1. The molecular weight excluding hydrogens is 333 g/mol. The number of rotatable bonds is 2. The number of halogens is 5. The fraction of sp³-hybridized carbons (Fsp3) is 0.438. The number of hydrogen-bond acceptors (Lipinski definition) is 2. The number of fused-ring (bicyclic) bond motifs is 1. The van der Waals surface area contributed by atoms with E-state index in [1.165, 1.54) is 4.90 Å². The molecule has 2 aliphatic rings. The third-order valence-corrected chi connectivity index (χ3v) is 4.03. The van der Waals surface area contributed by atoms with Crippen LogP contribution < -0.4 is 4.74 Å². The quantitative estimate of drug-likeness (QED) is 0.755. The topological polar surface area (TPSA) is 29.5 Å². The van der Waals surface area contributed by atoms with E-state index in [1.54, 1.807) is 0 Å². The summed E-state index contributed by atoms with van der Waals surface area (Å²) in [7, 11) is 0. The second kappa shape index (κ2) is 6.07. The summed E-state index contributed by atoms with van der Waals surface area (Å²) in [6.45, 7) is 0.288. The van der Waals surface area contributed by atoms with Crippen molar-refractivity contribution in [2.75, 3.05) is 6.54 Å². The third kappa shape index (κ3) is 3.09. The monoisotopic (exact) mass is 347 g/mol. The van der Waals surface area contributed by atoms with Gasteiger partial charge in [0.2, 0.25) is 5.91 Å². The van der Waals surface area contributed by atoms with Crippen LogP contribution in [0, 0.1) is 0 Å². The lowest BCUT2D eigenvalue weighted by Crippen LogP contribution is -2.37. The van der Waals surface area contributed by atoms with Crippen molar-refractivity contribution in [2.24, 2.45) is 0 Å². The minimum absolute atomic E-state index is 0.0111. The Kier molecular flexibility index (Phi) is 4.23. The molecular formula is C16H14F5NO2. The highest BCUT2D eigenvalue weighted by molar-refractivity contribution is 5.89. The van der Waals surface area contributed by atoms with Crippen LogP contribution in [0.1, 0.15) is 30.4 Å². The third-order valence-electron chi connectivity index (χ3n) is 4.03. The summed E-state index contributed by atoms with van der Waals surface area (Å²) < 4.78 is 70.1. The van der Waals surface area contributed by atoms with Crippen LogP contribution in [0.15, 0.2) is 24.3 Å². The summed E-state index contributed by atoms with van der Waals surface area (Å²) in [5.41, 5.74) is -0.843. The molecule has 3 nitrogen and oxygen atoms in total. The van der Waals surface area contributed by atoms with E-state index < -0.39 is 24.3 Å². The molecule has 1 amide bonds. The Bertz CT molecular complexity index is 684. The second-order valence-electron chi connectivity index (χ2n) is 5.68. The molecule has 1 unspecified atom stereocenters. The van der Waals surface area contributed by atoms with Crippen molar-refractivity contribution in [3.8, 4) is 5.75 Å². The number of amides is 1. The van der Waals surface area contributed by atoms with Crippen LogP contribution >= 0.6 is 0 Å². The fourth-order valence-electron chi connectivity index (χ4n) is 2.86. The highest BCUT2D eigenvalue weighted by Crippen LogP contribution is 2.40. The lowest BCUT2D eigenvalue weighted by molar-refractivity contribution is -0.137. The largest absolute Gasteiger partial charge is 0.480 e. The van der Waals surface area contributed by atoms with E-state index >= 15 is 0 Å². The van der Waals surface area contributed by atoms with Gasteiger partial charge in [-0.15, -0.1) is 0 Å². The predicted octanol–water partition coefficient (Wildman–Crippen LogP) is 4.08. The average Bonchev–Trinajstić information content (AvgIpc) is 2.53. The zero-order valence-electron chi connectivity index (χ0n) is 12.4. The lowest BCUT2D eigenvalue weighted by atomic mass is 9.99. The first kappa shape index (κ1) is 16.7. The molecule has 1 atom stereocenters. The molecule has 0 aliphatic carbocycles. The van der Waals surface area contributed by atoms with Gasteiger partial charge in [-0.25, -0.2) is 8.78 Å². The Labute approximate surface area is 134 Å². The number of piperidine rings is 1. The molecule has 2 heterocycles. The maximum Gasteiger partial charge on any atom is 0.416 e. The van der Waals surface area contributed by atoms with Crippen molar-refractivity contribution in [3.63, 3.8) is 0 Å². The van der Waals surface area contributed by atoms with Crippen molar-refractivity contribution in [1.82, 2.24) is 4.90 Å². The number of likely N-dealkylation sites (tertiary alicyclic amines) is 1. The molecule has 0 aromatic heterocycles. The number of carbonyl (C=O) groups is 1. The molecule has 8 heteroatoms. The Morgan fingerprint density at radius 2 is 1.96 bits per heavy atom. The van der Waals surface area contributed by atoms with Crippen molar-refractivity contribution in [1.29, 1.82) is 0 Å². The van der Waals surface area contributed by atoms with Crippen LogP contribution in [0.5, 0.6) is 5.75 Å². The summed E-state index contributed by atoms with van der Waals surface area (Å²) >= 11 is 0. The summed E-state index contributed by atoms with van der Waals surface area (Å²) in [6.07, 6.45) is -6.41. The number of hydrogen-bond donors (Lipinski definition) is 0. The Morgan fingerprint density at radius 1 is 1.21 bits per heavy atom. The highest BCUT2D eigenvalue weighted by atomic mass is 19.4. The Hall–Kier alpha value is -2.12. The molecule has 0 saturated carbocycles. The SMILES string of the molecule is O=C1CCCCN1C1=CC(C(F)F)Oc2ccc(C(F)(F)F)cc21. The molecule has 1 aromatic rings. The van der Waals surface area contributed by atoms with E-state index in [0.29, 0.717) is 12.8 Å². The van der Waals surface area contributed by atoms with Crippen LogP contribution in [0.25, 0.3) is 5.70 Å². The van der Waals surface area contributed by atoms with E-state index in [1.807, 2.05) is 0 Å². The van der Waals surface area contributed by atoms with E-state index in [-0.39, 0.29) is 35.9 Å². The van der Waals surface area contributed by atoms with Gasteiger partial charge in [-0.3, -0.25) is 4.79 Å². The van der Waals surface area contributed by atoms with Gasteiger partial charge in [0, 0.05) is 18.5 Å². The molecule has 0 N–H and O–H groups in total. The summed E-state index contributed by atoms with van der Waals surface area (Å²) in [5, 5.41) is 0. The molecule has 1 saturated heterocycles.